The van der Waals surface area contributed by atoms with Crippen LogP contribution in [0, 0.1) is 13.8 Å². The number of anilines is 1. The van der Waals surface area contributed by atoms with E-state index >= 15 is 0 Å². The van der Waals surface area contributed by atoms with E-state index in [1.807, 2.05) is 32.0 Å². The molecule has 1 fully saturated rings. The minimum atomic E-state index is -0.543. The van der Waals surface area contributed by atoms with Crippen LogP contribution in [0.25, 0.3) is 0 Å². The van der Waals surface area contributed by atoms with Gasteiger partial charge in [-0.2, -0.15) is 0 Å². The normalized spacial score (nSPS) is 15.3. The van der Waals surface area contributed by atoms with Gasteiger partial charge < -0.3 is 19.7 Å². The molecule has 0 aliphatic carbocycles. The highest BCUT2D eigenvalue weighted by atomic mass is 16.5. The molecule has 0 aromatic heterocycles. The van der Waals surface area contributed by atoms with Crippen molar-refractivity contribution in [2.45, 2.75) is 33.4 Å². The van der Waals surface area contributed by atoms with Gasteiger partial charge in [0.05, 0.1) is 13.2 Å². The Morgan fingerprint density at radius 2 is 1.85 bits per heavy atom. The lowest BCUT2D eigenvalue weighted by atomic mass is 10.1. The molecule has 1 aliphatic rings. The van der Waals surface area contributed by atoms with Crippen LogP contribution in [0.4, 0.5) is 5.69 Å². The first kappa shape index (κ1) is 19.2. The van der Waals surface area contributed by atoms with Crippen molar-refractivity contribution in [1.29, 1.82) is 0 Å². The number of rotatable bonds is 6. The Morgan fingerprint density at radius 3 is 2.56 bits per heavy atom. The van der Waals surface area contributed by atoms with Gasteiger partial charge >= 0.3 is 0 Å². The monoisotopic (exact) mass is 368 g/mol. The van der Waals surface area contributed by atoms with Gasteiger partial charge in [-0.15, -0.1) is 0 Å². The van der Waals surface area contributed by atoms with Crippen molar-refractivity contribution in [3.05, 3.63) is 59.2 Å². The Balaban J connectivity index is 1.51. The summed E-state index contributed by atoms with van der Waals surface area (Å²) in [6.45, 7) is 9.65. The fourth-order valence-corrected chi connectivity index (χ4v) is 3.06. The van der Waals surface area contributed by atoms with Crippen molar-refractivity contribution < 1.29 is 14.3 Å². The topological polar surface area (TPSA) is 50.8 Å². The van der Waals surface area contributed by atoms with E-state index in [0.717, 1.165) is 48.7 Å². The summed E-state index contributed by atoms with van der Waals surface area (Å²) >= 11 is 0. The number of aryl methyl sites for hydroxylation is 2. The Bertz CT molecular complexity index is 768. The first-order valence-electron chi connectivity index (χ1n) is 9.46. The summed E-state index contributed by atoms with van der Waals surface area (Å²) in [6.07, 6.45) is -0.543. The SMILES string of the molecule is Cc1ccc(C)c(O[C@@H](C)C(=O)NCc2ccc(N3CCOCC3)cc2)c1. The van der Waals surface area contributed by atoms with E-state index in [-0.39, 0.29) is 5.91 Å². The molecule has 1 saturated heterocycles. The number of carbonyl (C=O) groups excluding carboxylic acids is 1. The van der Waals surface area contributed by atoms with Crippen LogP contribution in [-0.4, -0.2) is 38.3 Å². The summed E-state index contributed by atoms with van der Waals surface area (Å²) < 4.78 is 11.2. The predicted molar refractivity (Wildman–Crippen MR) is 107 cm³/mol. The molecule has 1 N–H and O–H groups in total. The maximum Gasteiger partial charge on any atom is 0.261 e. The minimum absolute atomic E-state index is 0.117. The standard InChI is InChI=1S/C22H28N2O3/c1-16-4-5-17(2)21(14-16)27-18(3)22(25)23-15-19-6-8-20(9-7-19)24-10-12-26-13-11-24/h4-9,14,18H,10-13,15H2,1-3H3,(H,23,25)/t18-/m0/s1. The molecule has 5 heteroatoms. The average molecular weight is 368 g/mol. The molecular weight excluding hydrogens is 340 g/mol. The molecule has 1 aliphatic heterocycles. The van der Waals surface area contributed by atoms with Crippen LogP contribution in [0.2, 0.25) is 0 Å². The van der Waals surface area contributed by atoms with E-state index in [0.29, 0.717) is 6.54 Å². The molecule has 0 spiro atoms. The van der Waals surface area contributed by atoms with E-state index in [1.54, 1.807) is 6.92 Å². The third-order valence-corrected chi connectivity index (χ3v) is 4.80. The molecule has 144 valence electrons. The first-order valence-corrected chi connectivity index (χ1v) is 9.46. The average Bonchev–Trinajstić information content (AvgIpc) is 2.70. The van der Waals surface area contributed by atoms with Gasteiger partial charge in [-0.05, 0) is 55.7 Å². The highest BCUT2D eigenvalue weighted by Gasteiger charge is 2.16. The summed E-state index contributed by atoms with van der Waals surface area (Å²) in [4.78, 5) is 14.7. The Hall–Kier alpha value is -2.53. The minimum Gasteiger partial charge on any atom is -0.481 e. The fourth-order valence-electron chi connectivity index (χ4n) is 3.06. The lowest BCUT2D eigenvalue weighted by molar-refractivity contribution is -0.127. The second-order valence-corrected chi connectivity index (χ2v) is 7.01. The second-order valence-electron chi connectivity index (χ2n) is 7.01. The van der Waals surface area contributed by atoms with Gasteiger partial charge in [0.2, 0.25) is 0 Å². The summed E-state index contributed by atoms with van der Waals surface area (Å²) in [5.41, 5.74) is 4.40. The predicted octanol–water partition coefficient (Wildman–Crippen LogP) is 3.22. The number of nitrogens with zero attached hydrogens (tertiary/aromatic N) is 1. The van der Waals surface area contributed by atoms with Crippen LogP contribution >= 0.6 is 0 Å². The van der Waals surface area contributed by atoms with Crippen LogP contribution in [0.3, 0.4) is 0 Å². The molecule has 2 aromatic rings. The van der Waals surface area contributed by atoms with E-state index in [1.165, 1.54) is 5.69 Å². The van der Waals surface area contributed by atoms with Gasteiger partial charge in [0.1, 0.15) is 5.75 Å². The number of morpholine rings is 1. The van der Waals surface area contributed by atoms with Gasteiger partial charge in [0, 0.05) is 25.3 Å². The van der Waals surface area contributed by atoms with Crippen LogP contribution in [0.1, 0.15) is 23.6 Å². The fraction of sp³-hybridized carbons (Fsp3) is 0.409. The third kappa shape index (κ3) is 5.23. The lowest BCUT2D eigenvalue weighted by Crippen LogP contribution is -2.36. The van der Waals surface area contributed by atoms with Crippen LogP contribution in [0.15, 0.2) is 42.5 Å². The number of nitrogens with one attached hydrogen (secondary N) is 1. The maximum atomic E-state index is 12.4. The summed E-state index contributed by atoms with van der Waals surface area (Å²) in [5.74, 6) is 0.640. The molecule has 0 bridgehead atoms. The van der Waals surface area contributed by atoms with Crippen molar-refractivity contribution in [1.82, 2.24) is 5.32 Å². The van der Waals surface area contributed by atoms with Gasteiger partial charge in [-0.25, -0.2) is 0 Å². The van der Waals surface area contributed by atoms with Crippen molar-refractivity contribution >= 4 is 11.6 Å². The quantitative estimate of drug-likeness (QED) is 0.851. The highest BCUT2D eigenvalue weighted by Crippen LogP contribution is 2.20. The van der Waals surface area contributed by atoms with E-state index in [9.17, 15) is 4.79 Å². The van der Waals surface area contributed by atoms with Crippen molar-refractivity contribution in [2.24, 2.45) is 0 Å². The molecule has 0 saturated carbocycles. The zero-order valence-electron chi connectivity index (χ0n) is 16.3. The van der Waals surface area contributed by atoms with Crippen molar-refractivity contribution in [2.75, 3.05) is 31.2 Å². The smallest absolute Gasteiger partial charge is 0.261 e. The van der Waals surface area contributed by atoms with Gasteiger partial charge in [-0.3, -0.25) is 4.79 Å². The Morgan fingerprint density at radius 1 is 1.15 bits per heavy atom. The number of benzene rings is 2. The van der Waals surface area contributed by atoms with Gasteiger partial charge in [-0.1, -0.05) is 24.3 Å². The second kappa shape index (κ2) is 8.91. The van der Waals surface area contributed by atoms with Crippen LogP contribution in [-0.2, 0) is 16.1 Å². The van der Waals surface area contributed by atoms with E-state index in [4.69, 9.17) is 9.47 Å². The number of ether oxygens (including phenoxy) is 2. The molecule has 5 nitrogen and oxygen atoms in total. The Kier molecular flexibility index (Phi) is 6.35. The van der Waals surface area contributed by atoms with E-state index < -0.39 is 6.10 Å². The maximum absolute atomic E-state index is 12.4. The zero-order valence-corrected chi connectivity index (χ0v) is 16.3. The van der Waals surface area contributed by atoms with Gasteiger partial charge in [0.25, 0.3) is 5.91 Å². The van der Waals surface area contributed by atoms with Crippen LogP contribution < -0.4 is 15.0 Å². The zero-order chi connectivity index (χ0) is 19.2. The number of carbonyl (C=O) groups is 1. The Labute approximate surface area is 161 Å². The molecule has 0 unspecified atom stereocenters. The molecular formula is C22H28N2O3. The molecule has 2 aromatic carbocycles. The number of amides is 1. The molecule has 27 heavy (non-hydrogen) atoms. The van der Waals surface area contributed by atoms with Crippen molar-refractivity contribution in [3.63, 3.8) is 0 Å². The van der Waals surface area contributed by atoms with Crippen LogP contribution in [0.5, 0.6) is 5.75 Å². The first-order chi connectivity index (χ1) is 13.0. The third-order valence-electron chi connectivity index (χ3n) is 4.80. The summed E-state index contributed by atoms with van der Waals surface area (Å²) in [5, 5.41) is 2.95. The lowest BCUT2D eigenvalue weighted by Gasteiger charge is -2.28. The van der Waals surface area contributed by atoms with Crippen molar-refractivity contribution in [3.8, 4) is 5.75 Å². The number of hydrogen-bond donors (Lipinski definition) is 1. The highest BCUT2D eigenvalue weighted by molar-refractivity contribution is 5.80. The molecule has 0 radical (unpaired) electrons. The molecule has 3 rings (SSSR count). The largest absolute Gasteiger partial charge is 0.481 e. The molecule has 1 atom stereocenters. The molecule has 1 amide bonds. The van der Waals surface area contributed by atoms with Gasteiger partial charge in [0.15, 0.2) is 6.10 Å². The summed E-state index contributed by atoms with van der Waals surface area (Å²) in [7, 11) is 0. The van der Waals surface area contributed by atoms with E-state index in [2.05, 4.69) is 34.5 Å². The number of hydrogen-bond acceptors (Lipinski definition) is 4. The molecule has 1 heterocycles. The summed E-state index contributed by atoms with van der Waals surface area (Å²) in [6, 6.07) is 14.3.